The van der Waals surface area contributed by atoms with E-state index >= 15 is 0 Å². The Morgan fingerprint density at radius 1 is 1.29 bits per heavy atom. The van der Waals surface area contributed by atoms with Gasteiger partial charge in [0.1, 0.15) is 0 Å². The summed E-state index contributed by atoms with van der Waals surface area (Å²) in [6.45, 7) is 0. The van der Waals surface area contributed by atoms with Gasteiger partial charge in [0.15, 0.2) is 0 Å². The second kappa shape index (κ2) is 5.97. The number of benzene rings is 1. The lowest BCUT2D eigenvalue weighted by molar-refractivity contribution is 0.388. The maximum Gasteiger partial charge on any atom is 0.0677 e. The van der Waals surface area contributed by atoms with Crippen molar-refractivity contribution in [2.24, 2.45) is 5.92 Å². The highest BCUT2D eigenvalue weighted by atomic mass is 32.2. The molecule has 90 valence electrons. The fourth-order valence-electron chi connectivity index (χ4n) is 2.42. The first kappa shape index (κ1) is 12.3. The van der Waals surface area contributed by atoms with E-state index in [0.717, 1.165) is 12.8 Å². The minimum atomic E-state index is 0.165. The molecule has 0 aromatic heterocycles. The lowest BCUT2D eigenvalue weighted by Crippen LogP contribution is -2.31. The van der Waals surface area contributed by atoms with E-state index in [-0.39, 0.29) is 5.92 Å². The lowest BCUT2D eigenvalue weighted by Gasteiger charge is -2.29. The SMILES string of the molecule is CSc1ccccc1NC1CCCCC1C#N. The molecule has 2 rings (SSSR count). The molecule has 2 atom stereocenters. The zero-order valence-corrected chi connectivity index (χ0v) is 11.0. The first-order chi connectivity index (χ1) is 8.35. The number of para-hydroxylation sites is 1. The minimum absolute atomic E-state index is 0.165. The van der Waals surface area contributed by atoms with Crippen LogP contribution in [0.25, 0.3) is 0 Å². The highest BCUT2D eigenvalue weighted by molar-refractivity contribution is 7.98. The van der Waals surface area contributed by atoms with Crippen molar-refractivity contribution in [3.63, 3.8) is 0 Å². The van der Waals surface area contributed by atoms with Gasteiger partial charge in [-0.3, -0.25) is 0 Å². The molecule has 1 aliphatic carbocycles. The van der Waals surface area contributed by atoms with Crippen LogP contribution in [-0.2, 0) is 0 Å². The highest BCUT2D eigenvalue weighted by Gasteiger charge is 2.25. The third-order valence-electron chi connectivity index (χ3n) is 3.38. The van der Waals surface area contributed by atoms with Crippen molar-refractivity contribution in [3.05, 3.63) is 24.3 Å². The van der Waals surface area contributed by atoms with Crippen LogP contribution in [0.3, 0.4) is 0 Å². The van der Waals surface area contributed by atoms with Crippen LogP contribution in [0, 0.1) is 17.2 Å². The number of anilines is 1. The number of rotatable bonds is 3. The molecule has 0 aliphatic heterocycles. The van der Waals surface area contributed by atoms with Crippen LogP contribution in [0.5, 0.6) is 0 Å². The van der Waals surface area contributed by atoms with E-state index in [9.17, 15) is 5.26 Å². The van der Waals surface area contributed by atoms with Crippen molar-refractivity contribution in [1.82, 2.24) is 0 Å². The highest BCUT2D eigenvalue weighted by Crippen LogP contribution is 2.30. The standard InChI is InChI=1S/C14H18N2S/c1-17-14-9-5-4-8-13(14)16-12-7-3-2-6-11(12)10-15/h4-5,8-9,11-12,16H,2-3,6-7H2,1H3. The predicted molar refractivity (Wildman–Crippen MR) is 73.2 cm³/mol. The molecular formula is C14H18N2S. The zero-order valence-electron chi connectivity index (χ0n) is 10.1. The smallest absolute Gasteiger partial charge is 0.0677 e. The lowest BCUT2D eigenvalue weighted by atomic mass is 9.85. The van der Waals surface area contributed by atoms with Crippen molar-refractivity contribution in [3.8, 4) is 6.07 Å². The average Bonchev–Trinajstić information content (AvgIpc) is 2.40. The largest absolute Gasteiger partial charge is 0.380 e. The van der Waals surface area contributed by atoms with Crippen LogP contribution in [0.4, 0.5) is 5.69 Å². The Kier molecular flexibility index (Phi) is 4.33. The van der Waals surface area contributed by atoms with Gasteiger partial charge in [0.25, 0.3) is 0 Å². The third kappa shape index (κ3) is 2.95. The fraction of sp³-hybridized carbons (Fsp3) is 0.500. The predicted octanol–water partition coefficient (Wildman–Crippen LogP) is 3.90. The van der Waals surface area contributed by atoms with E-state index in [1.807, 2.05) is 6.07 Å². The molecule has 2 nitrogen and oxygen atoms in total. The monoisotopic (exact) mass is 246 g/mol. The fourth-order valence-corrected chi connectivity index (χ4v) is 2.98. The Hall–Kier alpha value is -1.14. The van der Waals surface area contributed by atoms with Crippen molar-refractivity contribution in [2.75, 3.05) is 11.6 Å². The van der Waals surface area contributed by atoms with E-state index in [2.05, 4.69) is 35.8 Å². The molecule has 0 radical (unpaired) electrons. The molecule has 3 heteroatoms. The van der Waals surface area contributed by atoms with Gasteiger partial charge in [0.05, 0.1) is 12.0 Å². The molecule has 0 amide bonds. The van der Waals surface area contributed by atoms with E-state index in [0.29, 0.717) is 6.04 Å². The normalized spacial score (nSPS) is 24.0. The Labute approximate surface area is 107 Å². The van der Waals surface area contributed by atoms with E-state index < -0.39 is 0 Å². The average molecular weight is 246 g/mol. The molecule has 0 heterocycles. The Morgan fingerprint density at radius 3 is 2.82 bits per heavy atom. The molecule has 1 aromatic rings. The van der Waals surface area contributed by atoms with Gasteiger partial charge >= 0.3 is 0 Å². The van der Waals surface area contributed by atoms with Crippen molar-refractivity contribution in [2.45, 2.75) is 36.6 Å². The van der Waals surface area contributed by atoms with Crippen LogP contribution >= 0.6 is 11.8 Å². The van der Waals surface area contributed by atoms with Gasteiger partial charge < -0.3 is 5.32 Å². The Bertz CT molecular complexity index is 411. The summed E-state index contributed by atoms with van der Waals surface area (Å²) >= 11 is 1.75. The Balaban J connectivity index is 2.11. The van der Waals surface area contributed by atoms with E-state index in [4.69, 9.17) is 0 Å². The summed E-state index contributed by atoms with van der Waals surface area (Å²) in [5, 5.41) is 12.7. The summed E-state index contributed by atoms with van der Waals surface area (Å²) < 4.78 is 0. The van der Waals surface area contributed by atoms with Gasteiger partial charge in [-0.25, -0.2) is 0 Å². The quantitative estimate of drug-likeness (QED) is 0.822. The van der Waals surface area contributed by atoms with Crippen molar-refractivity contribution < 1.29 is 0 Å². The number of hydrogen-bond donors (Lipinski definition) is 1. The molecule has 1 fully saturated rings. The summed E-state index contributed by atoms with van der Waals surface area (Å²) in [5.74, 6) is 0.165. The molecule has 1 aliphatic rings. The molecule has 17 heavy (non-hydrogen) atoms. The summed E-state index contributed by atoms with van der Waals surface area (Å²) in [5.41, 5.74) is 1.17. The first-order valence-corrected chi connectivity index (χ1v) is 7.37. The maximum atomic E-state index is 9.17. The first-order valence-electron chi connectivity index (χ1n) is 6.14. The van der Waals surface area contributed by atoms with E-state index in [1.165, 1.54) is 23.4 Å². The number of nitriles is 1. The molecule has 1 saturated carbocycles. The van der Waals surface area contributed by atoms with Crippen LogP contribution in [0.15, 0.2) is 29.2 Å². The topological polar surface area (TPSA) is 35.8 Å². The van der Waals surface area contributed by atoms with Gasteiger partial charge in [0, 0.05) is 16.6 Å². The summed E-state index contributed by atoms with van der Waals surface area (Å²) in [4.78, 5) is 1.26. The number of nitrogens with zero attached hydrogens (tertiary/aromatic N) is 1. The minimum Gasteiger partial charge on any atom is -0.380 e. The van der Waals surface area contributed by atoms with E-state index in [1.54, 1.807) is 11.8 Å². The number of hydrogen-bond acceptors (Lipinski definition) is 3. The Morgan fingerprint density at radius 2 is 2.06 bits per heavy atom. The third-order valence-corrected chi connectivity index (χ3v) is 4.18. The number of nitrogens with one attached hydrogen (secondary N) is 1. The molecule has 0 bridgehead atoms. The molecule has 2 unspecified atom stereocenters. The van der Waals surface area contributed by atoms with Gasteiger partial charge in [-0.2, -0.15) is 5.26 Å². The maximum absolute atomic E-state index is 9.17. The molecular weight excluding hydrogens is 228 g/mol. The molecule has 0 spiro atoms. The van der Waals surface area contributed by atoms with Crippen LogP contribution in [0.2, 0.25) is 0 Å². The van der Waals surface area contributed by atoms with Crippen LogP contribution in [0.1, 0.15) is 25.7 Å². The molecule has 0 saturated heterocycles. The van der Waals surface area contributed by atoms with Crippen molar-refractivity contribution >= 4 is 17.4 Å². The second-order valence-corrected chi connectivity index (χ2v) is 5.32. The number of thioether (sulfide) groups is 1. The van der Waals surface area contributed by atoms with Gasteiger partial charge in [0.2, 0.25) is 0 Å². The van der Waals surface area contributed by atoms with Crippen LogP contribution < -0.4 is 5.32 Å². The summed E-state index contributed by atoms with van der Waals surface area (Å²) in [6.07, 6.45) is 6.66. The van der Waals surface area contributed by atoms with Crippen molar-refractivity contribution in [1.29, 1.82) is 5.26 Å². The van der Waals surface area contributed by atoms with Gasteiger partial charge in [-0.05, 0) is 31.2 Å². The summed E-state index contributed by atoms with van der Waals surface area (Å²) in [6, 6.07) is 11.1. The molecule has 1 N–H and O–H groups in total. The second-order valence-electron chi connectivity index (χ2n) is 4.47. The van der Waals surface area contributed by atoms with Gasteiger partial charge in [-0.15, -0.1) is 11.8 Å². The van der Waals surface area contributed by atoms with Crippen LogP contribution in [-0.4, -0.2) is 12.3 Å². The summed E-state index contributed by atoms with van der Waals surface area (Å²) in [7, 11) is 0. The van der Waals surface area contributed by atoms with Gasteiger partial charge in [-0.1, -0.05) is 25.0 Å². The molecule has 1 aromatic carbocycles. The zero-order chi connectivity index (χ0) is 12.1.